The number of amides is 1. The molecule has 0 unspecified atom stereocenters. The third kappa shape index (κ3) is 21.2. The lowest BCUT2D eigenvalue weighted by molar-refractivity contribution is -0.116. The van der Waals surface area contributed by atoms with E-state index in [-0.39, 0.29) is 18.8 Å². The van der Waals surface area contributed by atoms with Crippen LogP contribution in [0.3, 0.4) is 0 Å². The van der Waals surface area contributed by atoms with Gasteiger partial charge in [-0.2, -0.15) is 0 Å². The van der Waals surface area contributed by atoms with Gasteiger partial charge in [0.1, 0.15) is 0 Å². The van der Waals surface area contributed by atoms with Gasteiger partial charge in [0.25, 0.3) is 0 Å². The molecule has 32 valence electrons. The number of halogens is 1. The van der Waals surface area contributed by atoms with Gasteiger partial charge in [-0.25, -0.2) is 5.48 Å². The van der Waals surface area contributed by atoms with Crippen LogP contribution in [0.2, 0.25) is 0 Å². The van der Waals surface area contributed by atoms with Gasteiger partial charge in [0.2, 0.25) is 6.41 Å². The smallest absolute Gasteiger partial charge is 0.230 e. The van der Waals surface area contributed by atoms with Crippen molar-refractivity contribution in [3.05, 3.63) is 0 Å². The first-order valence-corrected chi connectivity index (χ1v) is 0.748. The number of hydrogen-bond donors (Lipinski definition) is 2. The quantitative estimate of drug-likeness (QED) is 0.264. The van der Waals surface area contributed by atoms with Crippen LogP contribution in [0.1, 0.15) is 0 Å². The lowest BCUT2D eigenvalue weighted by Crippen LogP contribution is -1.99. The van der Waals surface area contributed by atoms with Gasteiger partial charge >= 0.3 is 0 Å². The molecule has 0 atom stereocenters. The second-order valence-corrected chi connectivity index (χ2v) is 0.247. The van der Waals surface area contributed by atoms with E-state index in [1.807, 2.05) is 0 Å². The van der Waals surface area contributed by atoms with Crippen molar-refractivity contribution in [2.75, 3.05) is 0 Å². The minimum absolute atomic E-state index is 0. The highest BCUT2D eigenvalue weighted by atomic mass is 35.5. The molecule has 0 aromatic heterocycles. The molecule has 0 bridgehead atoms. The van der Waals surface area contributed by atoms with Crippen molar-refractivity contribution in [3.63, 3.8) is 0 Å². The normalized spacial score (nSPS) is 4.20. The van der Waals surface area contributed by atoms with Gasteiger partial charge in [0.15, 0.2) is 0 Å². The van der Waals surface area contributed by atoms with Crippen LogP contribution in [0.4, 0.5) is 0 Å². The van der Waals surface area contributed by atoms with E-state index >= 15 is 0 Å². The van der Waals surface area contributed by atoms with E-state index in [0.717, 1.165) is 0 Å². The Morgan fingerprint density at radius 3 is 2.00 bits per heavy atom. The number of carbonyl (C=O) groups excluding carboxylic acids is 1. The number of hydroxylamine groups is 1. The fourth-order valence-electron chi connectivity index (χ4n) is 0. The maximum Gasteiger partial charge on any atom is 0.230 e. The average Bonchev–Trinajstić information content (AvgIpc) is 1.37. The summed E-state index contributed by atoms with van der Waals surface area (Å²) in [6, 6.07) is 0. The highest BCUT2D eigenvalue weighted by Crippen LogP contribution is 1.08. The molecule has 0 rings (SSSR count). The van der Waals surface area contributed by atoms with E-state index in [1.165, 1.54) is 5.48 Å². The molecule has 4 heteroatoms. The molecule has 5 heavy (non-hydrogen) atoms. The van der Waals surface area contributed by atoms with Crippen LogP contribution in [-0.2, 0) is 4.79 Å². The van der Waals surface area contributed by atoms with Crippen molar-refractivity contribution in [1.29, 1.82) is 0 Å². The van der Waals surface area contributed by atoms with E-state index in [0.29, 0.717) is 0 Å². The van der Waals surface area contributed by atoms with Gasteiger partial charge in [0.05, 0.1) is 0 Å². The summed E-state index contributed by atoms with van der Waals surface area (Å²) in [4.78, 5) is 8.81. The molecule has 0 aromatic rings. The molecular formula is CH4ClNO2. The first-order valence-electron chi connectivity index (χ1n) is 0.748. The zero-order valence-electron chi connectivity index (χ0n) is 2.34. The highest BCUT2D eigenvalue weighted by molar-refractivity contribution is 5.85. The summed E-state index contributed by atoms with van der Waals surface area (Å²) in [7, 11) is 0. The lowest BCUT2D eigenvalue weighted by Gasteiger charge is -1.64. The monoisotopic (exact) mass is 97.0 g/mol. The van der Waals surface area contributed by atoms with E-state index in [2.05, 4.69) is 0 Å². The molecule has 3 nitrogen and oxygen atoms in total. The summed E-state index contributed by atoms with van der Waals surface area (Å²) < 4.78 is 0. The SMILES string of the molecule is Cl.O=CNO. The molecular weight excluding hydrogens is 93.5 g/mol. The van der Waals surface area contributed by atoms with Crippen LogP contribution in [0.15, 0.2) is 0 Å². The zero-order valence-corrected chi connectivity index (χ0v) is 3.16. The van der Waals surface area contributed by atoms with Crippen LogP contribution < -0.4 is 5.48 Å². The van der Waals surface area contributed by atoms with Gasteiger partial charge < -0.3 is 0 Å². The van der Waals surface area contributed by atoms with Crippen molar-refractivity contribution < 1.29 is 10.0 Å². The molecule has 0 fully saturated rings. The Hall–Kier alpha value is -0.280. The van der Waals surface area contributed by atoms with Crippen molar-refractivity contribution in [3.8, 4) is 0 Å². The molecule has 0 radical (unpaired) electrons. The molecule has 0 aliphatic carbocycles. The molecule has 0 heterocycles. The zero-order chi connectivity index (χ0) is 3.41. The fraction of sp³-hybridized carbons (Fsp3) is 0. The molecule has 0 saturated heterocycles. The van der Waals surface area contributed by atoms with Crippen LogP contribution in [0, 0.1) is 0 Å². The maximum absolute atomic E-state index is 8.81. The predicted molar refractivity (Wildman–Crippen MR) is 18.2 cm³/mol. The van der Waals surface area contributed by atoms with Crippen molar-refractivity contribution >= 4 is 18.8 Å². The Balaban J connectivity index is 0. The third-order valence-electron chi connectivity index (χ3n) is 0.0527. The van der Waals surface area contributed by atoms with Crippen molar-refractivity contribution in [2.45, 2.75) is 0 Å². The Morgan fingerprint density at radius 1 is 1.80 bits per heavy atom. The minimum Gasteiger partial charge on any atom is -0.289 e. The fourth-order valence-corrected chi connectivity index (χ4v) is 0. The van der Waals surface area contributed by atoms with Gasteiger partial charge in [-0.05, 0) is 0 Å². The number of hydrogen-bond acceptors (Lipinski definition) is 2. The summed E-state index contributed by atoms with van der Waals surface area (Å²) >= 11 is 0. The van der Waals surface area contributed by atoms with Crippen LogP contribution >= 0.6 is 12.4 Å². The van der Waals surface area contributed by atoms with Crippen LogP contribution in [0.5, 0.6) is 0 Å². The Kier molecular flexibility index (Phi) is 16.4. The number of rotatable bonds is 1. The summed E-state index contributed by atoms with van der Waals surface area (Å²) in [5.74, 6) is 0. The highest BCUT2D eigenvalue weighted by Gasteiger charge is 1.44. The number of carbonyl (C=O) groups is 1. The summed E-state index contributed by atoms with van der Waals surface area (Å²) in [5.41, 5.74) is 1.25. The first kappa shape index (κ1) is 8.83. The maximum atomic E-state index is 8.81. The van der Waals surface area contributed by atoms with Crippen LogP contribution in [0.25, 0.3) is 0 Å². The largest absolute Gasteiger partial charge is 0.289 e. The van der Waals surface area contributed by atoms with Gasteiger partial charge in [-0.1, -0.05) is 0 Å². The van der Waals surface area contributed by atoms with E-state index in [9.17, 15) is 0 Å². The van der Waals surface area contributed by atoms with E-state index in [1.54, 1.807) is 0 Å². The van der Waals surface area contributed by atoms with E-state index in [4.69, 9.17) is 10.0 Å². The van der Waals surface area contributed by atoms with Gasteiger partial charge in [0, 0.05) is 0 Å². The standard InChI is InChI=1S/CH3NO2.ClH/c3-1-2-4;/h1,4H,(H,2,3);1H. The molecule has 0 aromatic carbocycles. The molecule has 2 N–H and O–H groups in total. The minimum atomic E-state index is 0. The molecule has 0 saturated carbocycles. The lowest BCUT2D eigenvalue weighted by atomic mass is 11.5. The molecule has 0 aliphatic rings. The average molecular weight is 97.5 g/mol. The van der Waals surface area contributed by atoms with Crippen molar-refractivity contribution in [2.24, 2.45) is 0 Å². The summed E-state index contributed by atoms with van der Waals surface area (Å²) in [5, 5.41) is 7.26. The summed E-state index contributed by atoms with van der Waals surface area (Å²) in [6.07, 6.45) is 0.181. The molecule has 0 spiro atoms. The third-order valence-corrected chi connectivity index (χ3v) is 0.0527. The predicted octanol–water partition coefficient (Wildman–Crippen LogP) is -0.457. The Labute approximate surface area is 35.4 Å². The topological polar surface area (TPSA) is 49.3 Å². The second-order valence-electron chi connectivity index (χ2n) is 0.247. The first-order chi connectivity index (χ1) is 1.91. The van der Waals surface area contributed by atoms with E-state index < -0.39 is 0 Å². The number of nitrogens with one attached hydrogen (secondary N) is 1. The summed E-state index contributed by atoms with van der Waals surface area (Å²) in [6.45, 7) is 0. The Bertz CT molecular complexity index is 23.6. The van der Waals surface area contributed by atoms with Crippen molar-refractivity contribution in [1.82, 2.24) is 5.48 Å². The molecule has 0 aliphatic heterocycles. The van der Waals surface area contributed by atoms with Gasteiger partial charge in [-0.3, -0.25) is 10.0 Å². The Morgan fingerprint density at radius 2 is 2.00 bits per heavy atom. The van der Waals surface area contributed by atoms with Gasteiger partial charge in [-0.15, -0.1) is 12.4 Å². The molecule has 1 amide bonds. The van der Waals surface area contributed by atoms with Crippen LogP contribution in [-0.4, -0.2) is 11.6 Å². The second kappa shape index (κ2) is 9.30.